The summed E-state index contributed by atoms with van der Waals surface area (Å²) in [6, 6.07) is 13.1. The number of rotatable bonds is 5. The zero-order chi connectivity index (χ0) is 14.5. The van der Waals surface area contributed by atoms with Crippen LogP contribution in [0.25, 0.3) is 0 Å². The molecule has 2 N–H and O–H groups in total. The van der Waals surface area contributed by atoms with Gasteiger partial charge in [0.1, 0.15) is 5.76 Å². The predicted molar refractivity (Wildman–Crippen MR) is 78.2 cm³/mol. The van der Waals surface area contributed by atoms with Crippen LogP contribution in [0.4, 0.5) is 0 Å². The van der Waals surface area contributed by atoms with E-state index in [4.69, 9.17) is 10.2 Å². The van der Waals surface area contributed by atoms with Gasteiger partial charge in [-0.2, -0.15) is 0 Å². The molecule has 0 radical (unpaired) electrons. The van der Waals surface area contributed by atoms with Gasteiger partial charge in [-0.15, -0.1) is 0 Å². The molecule has 2 aromatic rings. The summed E-state index contributed by atoms with van der Waals surface area (Å²) in [6.45, 7) is 4.98. The van der Waals surface area contributed by atoms with Crippen molar-refractivity contribution in [3.63, 3.8) is 0 Å². The van der Waals surface area contributed by atoms with E-state index in [9.17, 15) is 4.79 Å². The van der Waals surface area contributed by atoms with Crippen molar-refractivity contribution in [2.24, 2.45) is 5.73 Å². The summed E-state index contributed by atoms with van der Waals surface area (Å²) >= 11 is 0. The fourth-order valence-electron chi connectivity index (χ4n) is 2.00. The Morgan fingerprint density at radius 3 is 2.50 bits per heavy atom. The molecule has 1 atom stereocenters. The number of hydrogen-bond donors (Lipinski definition) is 1. The monoisotopic (exact) mass is 272 g/mol. The molecule has 0 saturated carbocycles. The van der Waals surface area contributed by atoms with Crippen molar-refractivity contribution in [1.29, 1.82) is 0 Å². The highest BCUT2D eigenvalue weighted by Crippen LogP contribution is 2.17. The average molecular weight is 272 g/mol. The molecule has 0 aliphatic rings. The third kappa shape index (κ3) is 3.27. The lowest BCUT2D eigenvalue weighted by Gasteiger charge is -2.19. The first-order valence-corrected chi connectivity index (χ1v) is 6.80. The highest BCUT2D eigenvalue weighted by atomic mass is 16.4. The Hall–Kier alpha value is -2.07. The second kappa shape index (κ2) is 6.39. The van der Waals surface area contributed by atoms with Crippen molar-refractivity contribution >= 4 is 5.91 Å². The van der Waals surface area contributed by atoms with E-state index in [1.54, 1.807) is 17.0 Å². The lowest BCUT2D eigenvalue weighted by Crippen LogP contribution is -2.30. The second-order valence-corrected chi connectivity index (χ2v) is 4.80. The van der Waals surface area contributed by atoms with Crippen LogP contribution >= 0.6 is 0 Å². The van der Waals surface area contributed by atoms with Gasteiger partial charge < -0.3 is 15.1 Å². The van der Waals surface area contributed by atoms with Gasteiger partial charge >= 0.3 is 0 Å². The smallest absolute Gasteiger partial charge is 0.289 e. The molecule has 0 aliphatic carbocycles. The van der Waals surface area contributed by atoms with Crippen LogP contribution in [-0.4, -0.2) is 17.4 Å². The van der Waals surface area contributed by atoms with Gasteiger partial charge in [0, 0.05) is 13.1 Å². The van der Waals surface area contributed by atoms with Crippen LogP contribution < -0.4 is 5.73 Å². The Morgan fingerprint density at radius 2 is 1.95 bits per heavy atom. The first kappa shape index (κ1) is 14.3. The molecular weight excluding hydrogens is 252 g/mol. The van der Waals surface area contributed by atoms with Crippen LogP contribution in [0, 0.1) is 0 Å². The Kier molecular flexibility index (Phi) is 4.58. The van der Waals surface area contributed by atoms with Crippen molar-refractivity contribution in [3.05, 3.63) is 59.5 Å². The fourth-order valence-corrected chi connectivity index (χ4v) is 2.00. The molecule has 0 bridgehead atoms. The summed E-state index contributed by atoms with van der Waals surface area (Å²) < 4.78 is 5.51. The SMILES string of the molecule is CCN(Cc1ccccc1)C(=O)c1ccc(C(C)N)o1. The van der Waals surface area contributed by atoms with Gasteiger partial charge in [0.15, 0.2) is 5.76 Å². The molecule has 1 aromatic carbocycles. The number of hydrogen-bond acceptors (Lipinski definition) is 3. The van der Waals surface area contributed by atoms with Gasteiger partial charge in [-0.1, -0.05) is 30.3 Å². The minimum Gasteiger partial charge on any atom is -0.454 e. The van der Waals surface area contributed by atoms with Gasteiger partial charge in [-0.3, -0.25) is 4.79 Å². The summed E-state index contributed by atoms with van der Waals surface area (Å²) in [5.41, 5.74) is 6.84. The molecular formula is C16H20N2O2. The number of nitrogens with zero attached hydrogens (tertiary/aromatic N) is 1. The van der Waals surface area contributed by atoms with Crippen LogP contribution in [-0.2, 0) is 6.54 Å². The molecule has 4 heteroatoms. The summed E-state index contributed by atoms with van der Waals surface area (Å²) in [7, 11) is 0. The Labute approximate surface area is 119 Å². The molecule has 1 heterocycles. The topological polar surface area (TPSA) is 59.5 Å². The van der Waals surface area contributed by atoms with E-state index >= 15 is 0 Å². The van der Waals surface area contributed by atoms with Gasteiger partial charge in [0.05, 0.1) is 6.04 Å². The van der Waals surface area contributed by atoms with Crippen LogP contribution in [0.2, 0.25) is 0 Å². The highest BCUT2D eigenvalue weighted by molar-refractivity contribution is 5.91. The number of amides is 1. The maximum Gasteiger partial charge on any atom is 0.289 e. The van der Waals surface area contributed by atoms with Gasteiger partial charge in [-0.05, 0) is 31.5 Å². The Bertz CT molecular complexity index is 561. The molecule has 106 valence electrons. The standard InChI is InChI=1S/C16H20N2O2/c1-3-18(11-13-7-5-4-6-8-13)16(19)15-10-9-14(20-15)12(2)17/h4-10,12H,3,11,17H2,1-2H3. The first-order chi connectivity index (χ1) is 9.61. The number of benzene rings is 1. The average Bonchev–Trinajstić information content (AvgIpc) is 2.95. The van der Waals surface area contributed by atoms with Crippen molar-refractivity contribution in [3.8, 4) is 0 Å². The van der Waals surface area contributed by atoms with Crippen molar-refractivity contribution < 1.29 is 9.21 Å². The van der Waals surface area contributed by atoms with Gasteiger partial charge in [0.2, 0.25) is 0 Å². The number of carbonyl (C=O) groups is 1. The normalized spacial score (nSPS) is 12.2. The van der Waals surface area contributed by atoms with E-state index in [-0.39, 0.29) is 11.9 Å². The maximum atomic E-state index is 12.4. The van der Waals surface area contributed by atoms with Crippen molar-refractivity contribution in [2.45, 2.75) is 26.4 Å². The molecule has 4 nitrogen and oxygen atoms in total. The van der Waals surface area contributed by atoms with Gasteiger partial charge in [0.25, 0.3) is 5.91 Å². The molecule has 1 aromatic heterocycles. The lowest BCUT2D eigenvalue weighted by molar-refractivity contribution is 0.0718. The number of furan rings is 1. The van der Waals surface area contributed by atoms with Crippen LogP contribution in [0.15, 0.2) is 46.9 Å². The second-order valence-electron chi connectivity index (χ2n) is 4.80. The summed E-state index contributed by atoms with van der Waals surface area (Å²) in [5.74, 6) is 0.863. The number of nitrogens with two attached hydrogens (primary N) is 1. The lowest BCUT2D eigenvalue weighted by atomic mass is 10.2. The Morgan fingerprint density at radius 1 is 1.25 bits per heavy atom. The summed E-state index contributed by atoms with van der Waals surface area (Å²) in [4.78, 5) is 14.2. The molecule has 20 heavy (non-hydrogen) atoms. The first-order valence-electron chi connectivity index (χ1n) is 6.80. The molecule has 0 fully saturated rings. The van der Waals surface area contributed by atoms with Crippen LogP contribution in [0.3, 0.4) is 0 Å². The summed E-state index contributed by atoms with van der Waals surface area (Å²) in [5, 5.41) is 0. The minimum absolute atomic E-state index is 0.108. The maximum absolute atomic E-state index is 12.4. The predicted octanol–water partition coefficient (Wildman–Crippen LogP) is 2.96. The van der Waals surface area contributed by atoms with E-state index < -0.39 is 0 Å². The zero-order valence-corrected chi connectivity index (χ0v) is 11.9. The number of carbonyl (C=O) groups excluding carboxylic acids is 1. The van der Waals surface area contributed by atoms with E-state index in [0.717, 1.165) is 5.56 Å². The van der Waals surface area contributed by atoms with E-state index in [0.29, 0.717) is 24.6 Å². The molecule has 0 saturated heterocycles. The largest absolute Gasteiger partial charge is 0.454 e. The fraction of sp³-hybridized carbons (Fsp3) is 0.312. The third-order valence-corrected chi connectivity index (χ3v) is 3.17. The van der Waals surface area contributed by atoms with Crippen molar-refractivity contribution in [1.82, 2.24) is 4.90 Å². The zero-order valence-electron chi connectivity index (χ0n) is 11.9. The third-order valence-electron chi connectivity index (χ3n) is 3.17. The van der Waals surface area contributed by atoms with Crippen molar-refractivity contribution in [2.75, 3.05) is 6.54 Å². The molecule has 0 spiro atoms. The van der Waals surface area contributed by atoms with E-state index in [1.807, 2.05) is 44.2 Å². The molecule has 1 amide bonds. The van der Waals surface area contributed by atoms with E-state index in [2.05, 4.69) is 0 Å². The summed E-state index contributed by atoms with van der Waals surface area (Å²) in [6.07, 6.45) is 0. The highest BCUT2D eigenvalue weighted by Gasteiger charge is 2.19. The van der Waals surface area contributed by atoms with Crippen LogP contribution in [0.1, 0.15) is 41.8 Å². The van der Waals surface area contributed by atoms with Gasteiger partial charge in [-0.25, -0.2) is 0 Å². The Balaban J connectivity index is 2.12. The van der Waals surface area contributed by atoms with E-state index in [1.165, 1.54) is 0 Å². The molecule has 1 unspecified atom stereocenters. The molecule has 0 aliphatic heterocycles. The van der Waals surface area contributed by atoms with Crippen LogP contribution in [0.5, 0.6) is 0 Å². The molecule has 2 rings (SSSR count). The minimum atomic E-state index is -0.208. The quantitative estimate of drug-likeness (QED) is 0.910.